The summed E-state index contributed by atoms with van der Waals surface area (Å²) in [4.78, 5) is 12.9. The summed E-state index contributed by atoms with van der Waals surface area (Å²) in [6.07, 6.45) is 3.64. The summed E-state index contributed by atoms with van der Waals surface area (Å²) < 4.78 is 20.7. The van der Waals surface area contributed by atoms with Crippen molar-refractivity contribution in [2.45, 2.75) is 0 Å². The van der Waals surface area contributed by atoms with Gasteiger partial charge in [-0.05, 0) is 42.5 Å². The Morgan fingerprint density at radius 1 is 1.09 bits per heavy atom. The van der Waals surface area contributed by atoms with Crippen LogP contribution in [0.3, 0.4) is 0 Å². The van der Waals surface area contributed by atoms with Crippen LogP contribution in [0, 0.1) is 5.82 Å². The summed E-state index contributed by atoms with van der Waals surface area (Å²) in [5, 5.41) is 0.430. The van der Waals surface area contributed by atoms with Crippen LogP contribution in [0.2, 0.25) is 5.02 Å². The normalized spacial score (nSPS) is 10.6. The van der Waals surface area contributed by atoms with Crippen LogP contribution in [0.15, 0.2) is 60.9 Å². The van der Waals surface area contributed by atoms with Crippen LogP contribution < -0.4 is 4.74 Å². The lowest BCUT2D eigenvalue weighted by Gasteiger charge is -2.13. The van der Waals surface area contributed by atoms with Crippen molar-refractivity contribution in [2.75, 3.05) is 7.11 Å². The van der Waals surface area contributed by atoms with Crippen LogP contribution in [-0.4, -0.2) is 17.5 Å². The highest BCUT2D eigenvalue weighted by atomic mass is 35.5. The number of nitrogens with zero attached hydrogens (tertiary/aromatic N) is 1. The zero-order valence-electron chi connectivity index (χ0n) is 12.3. The highest BCUT2D eigenvalue weighted by Gasteiger charge is 2.21. The van der Waals surface area contributed by atoms with Crippen LogP contribution in [0.5, 0.6) is 5.75 Å². The minimum Gasteiger partial charge on any atom is -0.493 e. The zero-order chi connectivity index (χ0) is 16.4. The lowest BCUT2D eigenvalue weighted by Crippen LogP contribution is -2.09. The fourth-order valence-corrected chi connectivity index (χ4v) is 2.62. The Hall–Kier alpha value is -2.59. The smallest absolute Gasteiger partial charge is 0.199 e. The van der Waals surface area contributed by atoms with Gasteiger partial charge in [-0.3, -0.25) is 4.79 Å². The largest absolute Gasteiger partial charge is 0.493 e. The molecule has 0 aliphatic carbocycles. The summed E-state index contributed by atoms with van der Waals surface area (Å²) in [7, 11) is 1.33. The third-order valence-electron chi connectivity index (χ3n) is 3.50. The van der Waals surface area contributed by atoms with E-state index >= 15 is 0 Å². The molecular formula is C18H13ClFNO2. The lowest BCUT2D eigenvalue weighted by molar-refractivity contribution is 0.103. The summed E-state index contributed by atoms with van der Waals surface area (Å²) >= 11 is 6.05. The Balaban J connectivity index is 2.17. The van der Waals surface area contributed by atoms with Gasteiger partial charge in [-0.15, -0.1) is 0 Å². The van der Waals surface area contributed by atoms with Gasteiger partial charge in [-0.25, -0.2) is 4.39 Å². The summed E-state index contributed by atoms with van der Waals surface area (Å²) in [5.74, 6) is -1.01. The number of halogens is 2. The Labute approximate surface area is 137 Å². The first kappa shape index (κ1) is 15.3. The number of carbonyl (C=O) groups excluding carboxylic acids is 1. The molecule has 0 saturated carbocycles. The van der Waals surface area contributed by atoms with Crippen LogP contribution >= 0.6 is 11.6 Å². The van der Waals surface area contributed by atoms with Gasteiger partial charge in [0.1, 0.15) is 0 Å². The van der Waals surface area contributed by atoms with Crippen molar-refractivity contribution >= 4 is 17.4 Å². The molecule has 3 rings (SSSR count). The standard InChI is InChI=1S/C18H13ClFNO2/c1-23-18-13(5-4-6-15(18)20)17(22)14-11-12(19)7-8-16(14)21-9-2-3-10-21/h2-11H,1H3. The van der Waals surface area contributed by atoms with Gasteiger partial charge in [0.15, 0.2) is 17.3 Å². The average molecular weight is 330 g/mol. The van der Waals surface area contributed by atoms with Crippen molar-refractivity contribution < 1.29 is 13.9 Å². The van der Waals surface area contributed by atoms with Gasteiger partial charge >= 0.3 is 0 Å². The maximum Gasteiger partial charge on any atom is 0.199 e. The minimum atomic E-state index is -0.581. The van der Waals surface area contributed by atoms with Crippen molar-refractivity contribution in [3.8, 4) is 11.4 Å². The number of methoxy groups -OCH3 is 1. The number of benzene rings is 2. The Bertz CT molecular complexity index is 859. The predicted octanol–water partition coefficient (Wildman–Crippen LogP) is 4.51. The SMILES string of the molecule is COc1c(F)cccc1C(=O)c1cc(Cl)ccc1-n1cccc1. The van der Waals surface area contributed by atoms with Crippen molar-refractivity contribution in [2.24, 2.45) is 0 Å². The van der Waals surface area contributed by atoms with Gasteiger partial charge in [0.25, 0.3) is 0 Å². The molecule has 5 heteroatoms. The number of ether oxygens (including phenoxy) is 1. The first-order valence-corrected chi connectivity index (χ1v) is 7.29. The van der Waals surface area contributed by atoms with Gasteiger partial charge in [0, 0.05) is 23.0 Å². The maximum atomic E-state index is 13.9. The van der Waals surface area contributed by atoms with E-state index in [2.05, 4.69) is 0 Å². The van der Waals surface area contributed by atoms with E-state index in [0.29, 0.717) is 16.3 Å². The molecule has 0 bridgehead atoms. The number of aromatic nitrogens is 1. The van der Waals surface area contributed by atoms with Crippen LogP contribution in [0.1, 0.15) is 15.9 Å². The first-order valence-electron chi connectivity index (χ1n) is 6.92. The summed E-state index contributed by atoms with van der Waals surface area (Å²) in [5.41, 5.74) is 1.19. The Kier molecular flexibility index (Phi) is 4.17. The molecule has 0 unspecified atom stereocenters. The van der Waals surface area contributed by atoms with Crippen LogP contribution in [0.25, 0.3) is 5.69 Å². The van der Waals surface area contributed by atoms with Crippen molar-refractivity contribution in [1.29, 1.82) is 0 Å². The molecule has 0 radical (unpaired) electrons. The third kappa shape index (κ3) is 2.85. The zero-order valence-corrected chi connectivity index (χ0v) is 13.0. The van der Waals surface area contributed by atoms with Gasteiger partial charge in [-0.1, -0.05) is 17.7 Å². The van der Waals surface area contributed by atoms with E-state index in [1.807, 2.05) is 24.5 Å². The van der Waals surface area contributed by atoms with E-state index in [4.69, 9.17) is 16.3 Å². The number of carbonyl (C=O) groups is 1. The lowest BCUT2D eigenvalue weighted by atomic mass is 10.0. The Morgan fingerprint density at radius 3 is 2.52 bits per heavy atom. The summed E-state index contributed by atoms with van der Waals surface area (Å²) in [6, 6.07) is 13.0. The number of ketones is 1. The number of hydrogen-bond acceptors (Lipinski definition) is 2. The second kappa shape index (κ2) is 6.26. The molecule has 1 heterocycles. The van der Waals surface area contributed by atoms with E-state index in [-0.39, 0.29) is 17.1 Å². The van der Waals surface area contributed by atoms with E-state index in [0.717, 1.165) is 0 Å². The van der Waals surface area contributed by atoms with E-state index in [1.165, 1.54) is 25.3 Å². The number of para-hydroxylation sites is 1. The molecule has 3 nitrogen and oxygen atoms in total. The van der Waals surface area contributed by atoms with E-state index < -0.39 is 5.82 Å². The molecule has 0 aliphatic heterocycles. The Morgan fingerprint density at radius 2 is 1.83 bits per heavy atom. The molecular weight excluding hydrogens is 317 g/mol. The predicted molar refractivity (Wildman–Crippen MR) is 87.2 cm³/mol. The molecule has 0 fully saturated rings. The van der Waals surface area contributed by atoms with Crippen molar-refractivity contribution in [1.82, 2.24) is 4.57 Å². The highest BCUT2D eigenvalue weighted by molar-refractivity contribution is 6.31. The number of hydrogen-bond donors (Lipinski definition) is 0. The van der Waals surface area contributed by atoms with Crippen LogP contribution in [-0.2, 0) is 0 Å². The second-order valence-electron chi connectivity index (χ2n) is 4.90. The first-order chi connectivity index (χ1) is 11.1. The van der Waals surface area contributed by atoms with Gasteiger partial charge in [0.2, 0.25) is 0 Å². The minimum absolute atomic E-state index is 0.0732. The molecule has 0 spiro atoms. The molecule has 2 aromatic carbocycles. The molecule has 3 aromatic rings. The fourth-order valence-electron chi connectivity index (χ4n) is 2.45. The van der Waals surface area contributed by atoms with E-state index in [1.54, 1.807) is 22.8 Å². The fraction of sp³-hybridized carbons (Fsp3) is 0.0556. The molecule has 116 valence electrons. The molecule has 23 heavy (non-hydrogen) atoms. The van der Waals surface area contributed by atoms with Gasteiger partial charge in [-0.2, -0.15) is 0 Å². The van der Waals surface area contributed by atoms with Crippen molar-refractivity contribution in [3.05, 3.63) is 82.9 Å². The maximum absolute atomic E-state index is 13.9. The molecule has 0 amide bonds. The highest BCUT2D eigenvalue weighted by Crippen LogP contribution is 2.28. The van der Waals surface area contributed by atoms with Gasteiger partial charge in [0.05, 0.1) is 18.4 Å². The second-order valence-corrected chi connectivity index (χ2v) is 5.34. The van der Waals surface area contributed by atoms with E-state index in [9.17, 15) is 9.18 Å². The average Bonchev–Trinajstić information content (AvgIpc) is 3.08. The van der Waals surface area contributed by atoms with Crippen molar-refractivity contribution in [3.63, 3.8) is 0 Å². The molecule has 0 saturated heterocycles. The monoisotopic (exact) mass is 329 g/mol. The van der Waals surface area contributed by atoms with Gasteiger partial charge < -0.3 is 9.30 Å². The number of rotatable bonds is 4. The van der Waals surface area contributed by atoms with Crippen LogP contribution in [0.4, 0.5) is 4.39 Å². The molecule has 0 atom stereocenters. The quantitative estimate of drug-likeness (QED) is 0.659. The third-order valence-corrected chi connectivity index (χ3v) is 3.74. The molecule has 1 aromatic heterocycles. The summed E-state index contributed by atoms with van der Waals surface area (Å²) in [6.45, 7) is 0. The molecule has 0 aliphatic rings. The topological polar surface area (TPSA) is 31.2 Å². The molecule has 0 N–H and O–H groups in total.